The summed E-state index contributed by atoms with van der Waals surface area (Å²) in [6.45, 7) is 7.37. The van der Waals surface area contributed by atoms with Gasteiger partial charge < -0.3 is 16.0 Å². The quantitative estimate of drug-likeness (QED) is 0.134. The Bertz CT molecular complexity index is 2470. The maximum absolute atomic E-state index is 13.5. The highest BCUT2D eigenvalue weighted by Gasteiger charge is 2.45. The fourth-order valence-corrected chi connectivity index (χ4v) is 9.02. The van der Waals surface area contributed by atoms with Crippen molar-refractivity contribution < 1.29 is 19.2 Å². The van der Waals surface area contributed by atoms with Crippen molar-refractivity contribution in [3.05, 3.63) is 104 Å². The third-order valence-corrected chi connectivity index (χ3v) is 12.1. The van der Waals surface area contributed by atoms with Crippen molar-refractivity contribution in [1.82, 2.24) is 29.9 Å². The number of anilines is 1. The minimum Gasteiger partial charge on any atom is -0.404 e. The van der Waals surface area contributed by atoms with Gasteiger partial charge in [0.15, 0.2) is 5.82 Å². The maximum Gasteiger partial charge on any atom is 0.264 e. The van der Waals surface area contributed by atoms with Gasteiger partial charge in [0.1, 0.15) is 23.4 Å². The van der Waals surface area contributed by atoms with Crippen LogP contribution in [0, 0.1) is 25.7 Å². The molecule has 0 saturated carbocycles. The second-order valence-electron chi connectivity index (χ2n) is 14.2. The molecule has 6 heterocycles. The van der Waals surface area contributed by atoms with Crippen molar-refractivity contribution in [1.29, 1.82) is 0 Å². The van der Waals surface area contributed by atoms with Crippen molar-refractivity contribution >= 4 is 64.2 Å². The molecule has 57 heavy (non-hydrogen) atoms. The highest BCUT2D eigenvalue weighted by atomic mass is 35.5. The lowest BCUT2D eigenvalue weighted by molar-refractivity contribution is -0.136. The molecule has 1 unspecified atom stereocenters. The summed E-state index contributed by atoms with van der Waals surface area (Å²) < 4.78 is 2.06. The molecule has 1 atom stereocenters. The van der Waals surface area contributed by atoms with Gasteiger partial charge >= 0.3 is 0 Å². The Morgan fingerprint density at radius 3 is 2.60 bits per heavy atom. The molecule has 0 spiro atoms. The Morgan fingerprint density at radius 2 is 1.84 bits per heavy atom. The van der Waals surface area contributed by atoms with Gasteiger partial charge in [0.25, 0.3) is 11.8 Å². The number of nitrogens with zero attached hydrogens (tertiary/aromatic N) is 7. The minimum absolute atomic E-state index is 0.0748. The number of likely N-dealkylation sites (tertiary alicyclic amines) is 1. The predicted octanol–water partition coefficient (Wildman–Crippen LogP) is 4.19. The number of halogens is 1. The first-order valence-corrected chi connectivity index (χ1v) is 19.9. The molecule has 4 aromatic rings. The summed E-state index contributed by atoms with van der Waals surface area (Å²) in [4.78, 5) is 64.7. The van der Waals surface area contributed by atoms with E-state index in [2.05, 4.69) is 54.1 Å². The second kappa shape index (κ2) is 15.9. The van der Waals surface area contributed by atoms with Crippen LogP contribution >= 0.6 is 22.9 Å². The third kappa shape index (κ3) is 7.39. The number of aryl methyl sites for hydroxylation is 1. The molecule has 0 bridgehead atoms. The lowest BCUT2D eigenvalue weighted by Gasteiger charge is -2.32. The number of amides is 4. The molecule has 8 rings (SSSR count). The van der Waals surface area contributed by atoms with Crippen LogP contribution in [0.4, 0.5) is 5.69 Å². The molecule has 0 radical (unpaired) electrons. The number of nitrogens with one attached hydrogen (secondary N) is 2. The predicted molar refractivity (Wildman–Crippen MR) is 218 cm³/mol. The van der Waals surface area contributed by atoms with Gasteiger partial charge in [0.2, 0.25) is 11.8 Å². The summed E-state index contributed by atoms with van der Waals surface area (Å²) in [5.74, 6) is 6.03. The van der Waals surface area contributed by atoms with Gasteiger partial charge in [-0.05, 0) is 62.9 Å². The molecule has 0 aliphatic carbocycles. The molecule has 4 N–H and O–H groups in total. The monoisotopic (exact) mass is 802 g/mol. The Hall–Kier alpha value is -5.95. The molecule has 4 amide bonds. The number of aliphatic imine (C=N–C) groups is 2. The number of thiophene rings is 1. The number of benzene rings is 2. The standard InChI is InChI=1S/C41H39ClN10O4S/c1-23-32(57-41-35(23)37(26-7-9-27(42)10-8-26)45-22-33-49-48-24(2)51(33)41)12-6-25(20-43)21-44-16-19-50-17-14-28(15-18-50)46-30-5-3-4-29-36(30)40(56)52(39(29)55)31-11-13-34(53)47-38(31)54/h3-5,7-10,20-21,28,31,46H,11,13-19,22,43H2,1-2H3,(H,47,53,54). The molecule has 14 nitrogen and oxygen atoms in total. The van der Waals surface area contributed by atoms with E-state index in [1.54, 1.807) is 35.8 Å². The van der Waals surface area contributed by atoms with Crippen LogP contribution in [0.2, 0.25) is 5.02 Å². The minimum atomic E-state index is -1.00. The SMILES string of the molecule is Cc1c(C#CC(C=NCCN2CCC(Nc3cccc4c3C(=O)N(C3CCC(=O)NC3=O)C4=O)CC2)=CN)sc2c1C(c1ccc(Cl)cc1)=NCc1nnc(C)n1-2. The van der Waals surface area contributed by atoms with E-state index < -0.39 is 29.7 Å². The average Bonchev–Trinajstić information content (AvgIpc) is 3.77. The van der Waals surface area contributed by atoms with Gasteiger partial charge in [-0.2, -0.15) is 0 Å². The topological polar surface area (TPSA) is 180 Å². The zero-order valence-corrected chi connectivity index (χ0v) is 32.9. The first-order valence-electron chi connectivity index (χ1n) is 18.7. The van der Waals surface area contributed by atoms with Crippen molar-refractivity contribution in [2.75, 3.05) is 31.5 Å². The Kier molecular flexibility index (Phi) is 10.6. The van der Waals surface area contributed by atoms with Gasteiger partial charge in [-0.15, -0.1) is 21.5 Å². The Morgan fingerprint density at radius 1 is 1.05 bits per heavy atom. The van der Waals surface area contributed by atoms with Crippen LogP contribution in [0.3, 0.4) is 0 Å². The largest absolute Gasteiger partial charge is 0.404 e. The summed E-state index contributed by atoms with van der Waals surface area (Å²) in [6, 6.07) is 11.9. The number of aromatic nitrogens is 3. The van der Waals surface area contributed by atoms with Crippen molar-refractivity contribution in [2.45, 2.75) is 58.2 Å². The van der Waals surface area contributed by atoms with E-state index in [0.717, 1.165) is 81.3 Å². The number of carbonyl (C=O) groups excluding carboxylic acids is 4. The van der Waals surface area contributed by atoms with E-state index in [9.17, 15) is 19.2 Å². The number of imide groups is 2. The van der Waals surface area contributed by atoms with Crippen LogP contribution < -0.4 is 16.4 Å². The summed E-state index contributed by atoms with van der Waals surface area (Å²) >= 11 is 7.77. The van der Waals surface area contributed by atoms with E-state index in [4.69, 9.17) is 22.3 Å². The van der Waals surface area contributed by atoms with Gasteiger partial charge in [-0.25, -0.2) is 0 Å². The molecule has 4 aliphatic rings. The first-order chi connectivity index (χ1) is 27.6. The molecule has 2 fully saturated rings. The summed E-state index contributed by atoms with van der Waals surface area (Å²) in [7, 11) is 0. The zero-order valence-electron chi connectivity index (χ0n) is 31.3. The molecule has 2 saturated heterocycles. The maximum atomic E-state index is 13.5. The van der Waals surface area contributed by atoms with Gasteiger partial charge in [-0.1, -0.05) is 41.6 Å². The van der Waals surface area contributed by atoms with Crippen molar-refractivity contribution in [3.63, 3.8) is 0 Å². The Labute approximate surface area is 337 Å². The average molecular weight is 803 g/mol. The molecular formula is C41H39ClN10O4S. The summed E-state index contributed by atoms with van der Waals surface area (Å²) in [5, 5.41) is 16.1. The van der Waals surface area contributed by atoms with Crippen LogP contribution in [0.25, 0.3) is 5.00 Å². The first kappa shape index (κ1) is 37.9. The number of nitrogens with two attached hydrogens (primary N) is 1. The third-order valence-electron chi connectivity index (χ3n) is 10.6. The smallest absolute Gasteiger partial charge is 0.264 e. The van der Waals surface area contributed by atoms with E-state index in [1.807, 2.05) is 31.2 Å². The van der Waals surface area contributed by atoms with E-state index >= 15 is 0 Å². The zero-order chi connectivity index (χ0) is 39.8. The normalized spacial score (nSPS) is 18.8. The van der Waals surface area contributed by atoms with Gasteiger partial charge in [0, 0.05) is 66.3 Å². The molecular weight excluding hydrogens is 764 g/mol. The summed E-state index contributed by atoms with van der Waals surface area (Å²) in [6.07, 6.45) is 5.03. The van der Waals surface area contributed by atoms with Crippen molar-refractivity contribution in [3.8, 4) is 16.8 Å². The molecule has 290 valence electrons. The highest BCUT2D eigenvalue weighted by molar-refractivity contribution is 7.15. The van der Waals surface area contributed by atoms with Crippen LogP contribution in [0.5, 0.6) is 0 Å². The molecule has 2 aromatic carbocycles. The fourth-order valence-electron chi connectivity index (χ4n) is 7.66. The van der Waals surface area contributed by atoms with E-state index in [-0.39, 0.29) is 30.0 Å². The van der Waals surface area contributed by atoms with Crippen LogP contribution in [-0.4, -0.2) is 98.4 Å². The number of piperidine rings is 2. The van der Waals surface area contributed by atoms with Gasteiger partial charge in [0.05, 0.1) is 33.8 Å². The lowest BCUT2D eigenvalue weighted by Crippen LogP contribution is -2.54. The lowest BCUT2D eigenvalue weighted by atomic mass is 10.00. The second-order valence-corrected chi connectivity index (χ2v) is 15.7. The van der Waals surface area contributed by atoms with E-state index in [0.29, 0.717) is 29.4 Å². The molecule has 16 heteroatoms. The Balaban J connectivity index is 0.878. The summed E-state index contributed by atoms with van der Waals surface area (Å²) in [5.41, 5.74) is 11.5. The fraction of sp³-hybridized carbons (Fsp3) is 0.317. The molecule has 4 aliphatic heterocycles. The number of carbonyl (C=O) groups is 4. The van der Waals surface area contributed by atoms with Crippen molar-refractivity contribution in [2.24, 2.45) is 15.7 Å². The van der Waals surface area contributed by atoms with Crippen LogP contribution in [0.15, 0.2) is 64.2 Å². The number of rotatable bonds is 8. The highest BCUT2D eigenvalue weighted by Crippen LogP contribution is 2.37. The van der Waals surface area contributed by atoms with Gasteiger partial charge in [-0.3, -0.25) is 43.9 Å². The molecule has 2 aromatic heterocycles. The number of fused-ring (bicyclic) bond motifs is 4. The number of hydrogen-bond donors (Lipinski definition) is 3. The number of allylic oxidation sites excluding steroid dienone is 1. The number of hydrogen-bond acceptors (Lipinski definition) is 12. The van der Waals surface area contributed by atoms with E-state index in [1.165, 1.54) is 6.20 Å². The van der Waals surface area contributed by atoms with Crippen LogP contribution in [-0.2, 0) is 16.1 Å². The van der Waals surface area contributed by atoms with Crippen LogP contribution in [0.1, 0.15) is 79.6 Å².